The zero-order valence-electron chi connectivity index (χ0n) is 14.2. The van der Waals surface area contributed by atoms with Gasteiger partial charge in [-0.25, -0.2) is 4.98 Å². The minimum atomic E-state index is 0.288. The number of aldehydes is 1. The number of rotatable bonds is 4. The van der Waals surface area contributed by atoms with Crippen LogP contribution in [0.1, 0.15) is 18.4 Å². The highest BCUT2D eigenvalue weighted by Gasteiger charge is 2.35. The van der Waals surface area contributed by atoms with Gasteiger partial charge in [0.15, 0.2) is 0 Å². The number of nitrogens with one attached hydrogen (secondary N) is 1. The Morgan fingerprint density at radius 2 is 2.20 bits per heavy atom. The second-order valence-corrected chi connectivity index (χ2v) is 6.91. The molecule has 0 saturated carbocycles. The molecule has 2 aromatic rings. The largest absolute Gasteiger partial charge is 0.368 e. The van der Waals surface area contributed by atoms with Crippen LogP contribution >= 0.6 is 0 Å². The highest BCUT2D eigenvalue weighted by Crippen LogP contribution is 2.30. The van der Waals surface area contributed by atoms with E-state index in [1.54, 1.807) is 0 Å². The number of nitrogen functional groups attached to an aromatic ring is 1. The van der Waals surface area contributed by atoms with Crippen LogP contribution in [0, 0.1) is 5.92 Å². The van der Waals surface area contributed by atoms with E-state index >= 15 is 0 Å². The second-order valence-electron chi connectivity index (χ2n) is 6.91. The average molecular weight is 337 g/mol. The standard InChI is InChI=1S/C19H23N5O/c20-19-22-16(14-4-1-3-13(9-14)6-8-25)10-18(23-19)24-11-15-5-2-7-21-17(15)12-24/h1,3-4,8-10,15,17,21H,2,5-7,11-12H2,(H2,20,22,23). The lowest BCUT2D eigenvalue weighted by atomic mass is 9.94. The summed E-state index contributed by atoms with van der Waals surface area (Å²) in [6.45, 7) is 3.08. The smallest absolute Gasteiger partial charge is 0.222 e. The summed E-state index contributed by atoms with van der Waals surface area (Å²) >= 11 is 0. The van der Waals surface area contributed by atoms with Gasteiger partial charge >= 0.3 is 0 Å². The molecule has 0 spiro atoms. The molecule has 6 nitrogen and oxygen atoms in total. The Kier molecular flexibility index (Phi) is 4.36. The normalized spacial score (nSPS) is 22.6. The molecule has 0 aliphatic carbocycles. The van der Waals surface area contributed by atoms with E-state index in [1.807, 2.05) is 30.3 Å². The second kappa shape index (κ2) is 6.80. The molecule has 2 aliphatic rings. The summed E-state index contributed by atoms with van der Waals surface area (Å²) in [6, 6.07) is 10.4. The number of nitrogens with zero attached hydrogens (tertiary/aromatic N) is 3. The van der Waals surface area contributed by atoms with Crippen molar-refractivity contribution < 1.29 is 4.79 Å². The number of carbonyl (C=O) groups excluding carboxylic acids is 1. The van der Waals surface area contributed by atoms with Gasteiger partial charge in [0.2, 0.25) is 5.95 Å². The van der Waals surface area contributed by atoms with Gasteiger partial charge in [-0.05, 0) is 36.9 Å². The molecule has 4 rings (SSSR count). The molecule has 3 heterocycles. The molecule has 2 fully saturated rings. The van der Waals surface area contributed by atoms with Crippen molar-refractivity contribution in [2.75, 3.05) is 30.3 Å². The zero-order valence-corrected chi connectivity index (χ0v) is 14.2. The predicted molar refractivity (Wildman–Crippen MR) is 98.4 cm³/mol. The van der Waals surface area contributed by atoms with Crippen LogP contribution in [0.4, 0.5) is 11.8 Å². The summed E-state index contributed by atoms with van der Waals surface area (Å²) in [7, 11) is 0. The third-order valence-corrected chi connectivity index (χ3v) is 5.19. The number of hydrogen-bond acceptors (Lipinski definition) is 6. The van der Waals surface area contributed by atoms with Crippen LogP contribution in [0.3, 0.4) is 0 Å². The number of nitrogens with two attached hydrogens (primary N) is 1. The zero-order chi connectivity index (χ0) is 17.2. The Balaban J connectivity index is 1.63. The number of anilines is 2. The minimum absolute atomic E-state index is 0.288. The average Bonchev–Trinajstić information content (AvgIpc) is 3.06. The maximum Gasteiger partial charge on any atom is 0.222 e. The summed E-state index contributed by atoms with van der Waals surface area (Å²) < 4.78 is 0. The third-order valence-electron chi connectivity index (χ3n) is 5.19. The first-order valence-electron chi connectivity index (χ1n) is 8.89. The Hall–Kier alpha value is -2.47. The molecule has 0 amide bonds. The van der Waals surface area contributed by atoms with E-state index in [0.717, 1.165) is 48.6 Å². The van der Waals surface area contributed by atoms with Gasteiger partial charge in [-0.15, -0.1) is 0 Å². The summed E-state index contributed by atoms with van der Waals surface area (Å²) in [5.41, 5.74) is 8.73. The number of piperidine rings is 1. The van der Waals surface area contributed by atoms with Crippen molar-refractivity contribution >= 4 is 18.1 Å². The van der Waals surface area contributed by atoms with Crippen molar-refractivity contribution in [1.29, 1.82) is 0 Å². The van der Waals surface area contributed by atoms with Crippen LogP contribution in [0.2, 0.25) is 0 Å². The van der Waals surface area contributed by atoms with E-state index in [1.165, 1.54) is 12.8 Å². The molecule has 2 aliphatic heterocycles. The first kappa shape index (κ1) is 16.0. The summed E-state index contributed by atoms with van der Waals surface area (Å²) in [4.78, 5) is 21.9. The number of fused-ring (bicyclic) bond motifs is 1. The highest BCUT2D eigenvalue weighted by molar-refractivity contribution is 5.67. The van der Waals surface area contributed by atoms with E-state index in [-0.39, 0.29) is 5.95 Å². The quantitative estimate of drug-likeness (QED) is 0.826. The number of aromatic nitrogens is 2. The molecule has 0 bridgehead atoms. The van der Waals surface area contributed by atoms with E-state index in [0.29, 0.717) is 18.4 Å². The summed E-state index contributed by atoms with van der Waals surface area (Å²) in [6.07, 6.45) is 3.84. The lowest BCUT2D eigenvalue weighted by Crippen LogP contribution is -2.40. The molecule has 0 radical (unpaired) electrons. The number of benzene rings is 1. The van der Waals surface area contributed by atoms with Crippen LogP contribution in [0.5, 0.6) is 0 Å². The molecular weight excluding hydrogens is 314 g/mol. The van der Waals surface area contributed by atoms with Crippen molar-refractivity contribution in [3.8, 4) is 11.3 Å². The van der Waals surface area contributed by atoms with Gasteiger partial charge in [-0.3, -0.25) is 0 Å². The molecule has 3 N–H and O–H groups in total. The van der Waals surface area contributed by atoms with E-state index in [4.69, 9.17) is 5.73 Å². The van der Waals surface area contributed by atoms with Gasteiger partial charge in [0, 0.05) is 37.2 Å². The van der Waals surface area contributed by atoms with Gasteiger partial charge < -0.3 is 20.7 Å². The van der Waals surface area contributed by atoms with E-state index in [2.05, 4.69) is 20.2 Å². The van der Waals surface area contributed by atoms with E-state index < -0.39 is 0 Å². The Labute approximate surface area is 147 Å². The van der Waals surface area contributed by atoms with Crippen LogP contribution < -0.4 is 16.0 Å². The first-order valence-corrected chi connectivity index (χ1v) is 8.89. The molecule has 2 saturated heterocycles. The van der Waals surface area contributed by atoms with Crippen LogP contribution in [-0.2, 0) is 11.2 Å². The third kappa shape index (κ3) is 3.35. The predicted octanol–water partition coefficient (Wildman–Crippen LogP) is 1.66. The summed E-state index contributed by atoms with van der Waals surface area (Å²) in [5, 5.41) is 3.61. The molecular formula is C19H23N5O. The van der Waals surface area contributed by atoms with Gasteiger partial charge in [0.05, 0.1) is 5.69 Å². The van der Waals surface area contributed by atoms with E-state index in [9.17, 15) is 4.79 Å². The number of carbonyl (C=O) groups is 1. The summed E-state index contributed by atoms with van der Waals surface area (Å²) in [5.74, 6) is 1.86. The maximum atomic E-state index is 10.8. The Bertz CT molecular complexity index is 764. The fraction of sp³-hybridized carbons (Fsp3) is 0.421. The first-order chi connectivity index (χ1) is 12.2. The molecule has 2 atom stereocenters. The minimum Gasteiger partial charge on any atom is -0.368 e. The van der Waals surface area contributed by atoms with Crippen molar-refractivity contribution in [1.82, 2.24) is 15.3 Å². The molecule has 25 heavy (non-hydrogen) atoms. The monoisotopic (exact) mass is 337 g/mol. The fourth-order valence-corrected chi connectivity index (χ4v) is 3.95. The molecule has 130 valence electrons. The van der Waals surface area contributed by atoms with Gasteiger partial charge in [0.1, 0.15) is 12.1 Å². The Morgan fingerprint density at radius 1 is 1.28 bits per heavy atom. The van der Waals surface area contributed by atoms with Crippen LogP contribution in [0.15, 0.2) is 30.3 Å². The Morgan fingerprint density at radius 3 is 3.04 bits per heavy atom. The molecule has 1 aromatic heterocycles. The van der Waals surface area contributed by atoms with Crippen molar-refractivity contribution in [2.24, 2.45) is 5.92 Å². The van der Waals surface area contributed by atoms with Crippen LogP contribution in [0.25, 0.3) is 11.3 Å². The molecule has 1 aromatic carbocycles. The highest BCUT2D eigenvalue weighted by atomic mass is 16.1. The van der Waals surface area contributed by atoms with Gasteiger partial charge in [0.25, 0.3) is 0 Å². The van der Waals surface area contributed by atoms with Crippen molar-refractivity contribution in [3.63, 3.8) is 0 Å². The van der Waals surface area contributed by atoms with Gasteiger partial charge in [-0.2, -0.15) is 4.98 Å². The SMILES string of the molecule is Nc1nc(-c2cccc(CC=O)c2)cc(N2CC3CCCNC3C2)n1. The maximum absolute atomic E-state index is 10.8. The lowest BCUT2D eigenvalue weighted by molar-refractivity contribution is -0.107. The van der Waals surface area contributed by atoms with Crippen molar-refractivity contribution in [3.05, 3.63) is 35.9 Å². The number of hydrogen-bond donors (Lipinski definition) is 2. The fourth-order valence-electron chi connectivity index (χ4n) is 3.95. The van der Waals surface area contributed by atoms with Gasteiger partial charge in [-0.1, -0.05) is 18.2 Å². The molecule has 6 heteroatoms. The topological polar surface area (TPSA) is 84.1 Å². The van der Waals surface area contributed by atoms with Crippen molar-refractivity contribution in [2.45, 2.75) is 25.3 Å². The molecule has 2 unspecified atom stereocenters. The van der Waals surface area contributed by atoms with Crippen LogP contribution in [-0.4, -0.2) is 41.9 Å². The lowest BCUT2D eigenvalue weighted by Gasteiger charge is -2.24.